The molecule has 0 N–H and O–H groups in total. The zero-order valence-corrected chi connectivity index (χ0v) is 7.15. The van der Waals surface area contributed by atoms with Crippen molar-refractivity contribution in [3.63, 3.8) is 0 Å². The van der Waals surface area contributed by atoms with Crippen LogP contribution in [0.3, 0.4) is 0 Å². The van der Waals surface area contributed by atoms with Crippen LogP contribution in [0.25, 0.3) is 0 Å². The second-order valence-electron chi connectivity index (χ2n) is 2.17. The first-order valence-corrected chi connectivity index (χ1v) is 3.38. The molecule has 56 valence electrons. The molecule has 0 aliphatic carbocycles. The van der Waals surface area contributed by atoms with E-state index in [2.05, 4.69) is 45.9 Å². The second kappa shape index (κ2) is 7.70. The molecule has 0 radical (unpaired) electrons. The quantitative estimate of drug-likeness (QED) is 0.516. The SMILES string of the molecule is C=C.CCN(C)C(C)C. The van der Waals surface area contributed by atoms with Gasteiger partial charge in [-0.15, -0.1) is 13.2 Å². The number of hydrogen-bond donors (Lipinski definition) is 0. The molecule has 0 saturated carbocycles. The van der Waals surface area contributed by atoms with Crippen molar-refractivity contribution in [1.29, 1.82) is 0 Å². The third-order valence-electron chi connectivity index (χ3n) is 1.38. The minimum Gasteiger partial charge on any atom is -0.304 e. The van der Waals surface area contributed by atoms with E-state index in [4.69, 9.17) is 0 Å². The summed E-state index contributed by atoms with van der Waals surface area (Å²) in [5.41, 5.74) is 0. The highest BCUT2D eigenvalue weighted by atomic mass is 15.1. The molecule has 1 nitrogen and oxygen atoms in total. The Morgan fingerprint density at radius 3 is 1.67 bits per heavy atom. The summed E-state index contributed by atoms with van der Waals surface area (Å²) in [5, 5.41) is 0. The average molecular weight is 129 g/mol. The fraction of sp³-hybridized carbons (Fsp3) is 0.750. The van der Waals surface area contributed by atoms with Crippen LogP contribution >= 0.6 is 0 Å². The predicted octanol–water partition coefficient (Wildman–Crippen LogP) is 2.15. The van der Waals surface area contributed by atoms with Gasteiger partial charge in [-0.3, -0.25) is 0 Å². The van der Waals surface area contributed by atoms with Crippen LogP contribution in [0, 0.1) is 0 Å². The number of hydrogen-bond acceptors (Lipinski definition) is 1. The molecule has 0 heterocycles. The highest BCUT2D eigenvalue weighted by molar-refractivity contribution is 4.51. The van der Waals surface area contributed by atoms with Crippen molar-refractivity contribution in [3.05, 3.63) is 13.2 Å². The molecule has 0 aromatic rings. The van der Waals surface area contributed by atoms with Gasteiger partial charge in [-0.25, -0.2) is 0 Å². The Hall–Kier alpha value is -0.300. The number of rotatable bonds is 2. The van der Waals surface area contributed by atoms with Crippen molar-refractivity contribution >= 4 is 0 Å². The minimum absolute atomic E-state index is 0.699. The fourth-order valence-corrected chi connectivity index (χ4v) is 0.365. The molecule has 0 aromatic heterocycles. The van der Waals surface area contributed by atoms with Crippen molar-refractivity contribution in [2.24, 2.45) is 0 Å². The monoisotopic (exact) mass is 129 g/mol. The van der Waals surface area contributed by atoms with E-state index in [1.165, 1.54) is 0 Å². The first kappa shape index (κ1) is 11.5. The first-order chi connectivity index (χ1) is 4.18. The van der Waals surface area contributed by atoms with Gasteiger partial charge in [-0.05, 0) is 27.4 Å². The van der Waals surface area contributed by atoms with Crippen molar-refractivity contribution < 1.29 is 0 Å². The molecule has 0 saturated heterocycles. The van der Waals surface area contributed by atoms with Gasteiger partial charge in [-0.2, -0.15) is 0 Å². The van der Waals surface area contributed by atoms with Crippen molar-refractivity contribution in [2.45, 2.75) is 26.8 Å². The summed E-state index contributed by atoms with van der Waals surface area (Å²) in [6.45, 7) is 13.7. The van der Waals surface area contributed by atoms with E-state index in [0.29, 0.717) is 6.04 Å². The van der Waals surface area contributed by atoms with Gasteiger partial charge in [0.15, 0.2) is 0 Å². The maximum absolute atomic E-state index is 3.00. The van der Waals surface area contributed by atoms with Crippen LogP contribution in [0.15, 0.2) is 13.2 Å². The van der Waals surface area contributed by atoms with Gasteiger partial charge in [0.25, 0.3) is 0 Å². The smallest absolute Gasteiger partial charge is 0.00354 e. The maximum atomic E-state index is 3.00. The minimum atomic E-state index is 0.699. The summed E-state index contributed by atoms with van der Waals surface area (Å²) < 4.78 is 0. The highest BCUT2D eigenvalue weighted by Gasteiger charge is 1.95. The molecule has 0 spiro atoms. The van der Waals surface area contributed by atoms with E-state index < -0.39 is 0 Å². The summed E-state index contributed by atoms with van der Waals surface area (Å²) in [6, 6.07) is 0.699. The van der Waals surface area contributed by atoms with Crippen molar-refractivity contribution in [1.82, 2.24) is 4.90 Å². The molecule has 0 rings (SSSR count). The highest BCUT2D eigenvalue weighted by Crippen LogP contribution is 1.89. The zero-order chi connectivity index (χ0) is 7.86. The van der Waals surface area contributed by atoms with Gasteiger partial charge < -0.3 is 4.90 Å². The summed E-state index contributed by atoms with van der Waals surface area (Å²) in [4.78, 5) is 2.29. The number of nitrogens with zero attached hydrogens (tertiary/aromatic N) is 1. The van der Waals surface area contributed by atoms with Crippen LogP contribution < -0.4 is 0 Å². The van der Waals surface area contributed by atoms with E-state index in [0.717, 1.165) is 6.54 Å². The summed E-state index contributed by atoms with van der Waals surface area (Å²) in [5.74, 6) is 0. The van der Waals surface area contributed by atoms with Crippen LogP contribution in [-0.2, 0) is 0 Å². The Morgan fingerprint density at radius 2 is 1.67 bits per heavy atom. The topological polar surface area (TPSA) is 3.24 Å². The summed E-state index contributed by atoms with van der Waals surface area (Å²) in [7, 11) is 2.13. The summed E-state index contributed by atoms with van der Waals surface area (Å²) in [6.07, 6.45) is 0. The molecule has 1 heteroatoms. The Balaban J connectivity index is 0. The molecule has 0 atom stereocenters. The maximum Gasteiger partial charge on any atom is 0.00354 e. The lowest BCUT2D eigenvalue weighted by Gasteiger charge is -2.17. The normalized spacial score (nSPS) is 9.11. The lowest BCUT2D eigenvalue weighted by Crippen LogP contribution is -2.25. The van der Waals surface area contributed by atoms with Gasteiger partial charge in [0, 0.05) is 6.04 Å². The van der Waals surface area contributed by atoms with Crippen molar-refractivity contribution in [3.8, 4) is 0 Å². The predicted molar refractivity (Wildman–Crippen MR) is 44.7 cm³/mol. The van der Waals surface area contributed by atoms with E-state index in [9.17, 15) is 0 Å². The Labute approximate surface area is 59.4 Å². The van der Waals surface area contributed by atoms with Crippen LogP contribution in [0.2, 0.25) is 0 Å². The average Bonchev–Trinajstić information content (AvgIpc) is 1.91. The van der Waals surface area contributed by atoms with E-state index in [1.807, 2.05) is 0 Å². The molecule has 0 aromatic carbocycles. The molecule has 0 unspecified atom stereocenters. The molecule has 0 amide bonds. The van der Waals surface area contributed by atoms with Gasteiger partial charge >= 0.3 is 0 Å². The first-order valence-electron chi connectivity index (χ1n) is 3.38. The van der Waals surface area contributed by atoms with Gasteiger partial charge in [0.05, 0.1) is 0 Å². The molecule has 0 aliphatic heterocycles. The van der Waals surface area contributed by atoms with Gasteiger partial charge in [0.1, 0.15) is 0 Å². The standard InChI is InChI=1S/C6H15N.C2H4/c1-5-7(4)6(2)3;1-2/h6H,5H2,1-4H3;1-2H2. The van der Waals surface area contributed by atoms with Crippen LogP contribution in [0.5, 0.6) is 0 Å². The largest absolute Gasteiger partial charge is 0.304 e. The lowest BCUT2D eigenvalue weighted by molar-refractivity contribution is 0.289. The lowest BCUT2D eigenvalue weighted by atomic mass is 10.3. The molecular formula is C8H19N. The van der Waals surface area contributed by atoms with Crippen LogP contribution in [-0.4, -0.2) is 24.5 Å². The third-order valence-corrected chi connectivity index (χ3v) is 1.38. The molecule has 0 bridgehead atoms. The van der Waals surface area contributed by atoms with Crippen LogP contribution in [0.1, 0.15) is 20.8 Å². The van der Waals surface area contributed by atoms with E-state index >= 15 is 0 Å². The van der Waals surface area contributed by atoms with Crippen LogP contribution in [0.4, 0.5) is 0 Å². The van der Waals surface area contributed by atoms with Gasteiger partial charge in [-0.1, -0.05) is 6.92 Å². The molecule has 9 heavy (non-hydrogen) atoms. The Morgan fingerprint density at radius 1 is 1.33 bits per heavy atom. The zero-order valence-electron chi connectivity index (χ0n) is 7.15. The van der Waals surface area contributed by atoms with E-state index in [-0.39, 0.29) is 0 Å². The second-order valence-corrected chi connectivity index (χ2v) is 2.17. The van der Waals surface area contributed by atoms with E-state index in [1.54, 1.807) is 0 Å². The molecule has 0 aliphatic rings. The summed E-state index contributed by atoms with van der Waals surface area (Å²) >= 11 is 0. The van der Waals surface area contributed by atoms with Gasteiger partial charge in [0.2, 0.25) is 0 Å². The Kier molecular flexibility index (Phi) is 9.83. The van der Waals surface area contributed by atoms with Crippen molar-refractivity contribution in [2.75, 3.05) is 13.6 Å². The Bertz CT molecular complexity index is 50.5. The molecule has 0 fully saturated rings. The molecular weight excluding hydrogens is 110 g/mol. The fourth-order valence-electron chi connectivity index (χ4n) is 0.365. The third kappa shape index (κ3) is 7.70.